The van der Waals surface area contributed by atoms with Gasteiger partial charge in [0.1, 0.15) is 5.52 Å². The molecule has 0 saturated heterocycles. The third kappa shape index (κ3) is 3.36. The predicted molar refractivity (Wildman–Crippen MR) is 79.8 cm³/mol. The third-order valence-electron chi connectivity index (χ3n) is 3.30. The van der Waals surface area contributed by atoms with Crippen molar-refractivity contribution >= 4 is 22.9 Å². The molecule has 7 heteroatoms. The quantitative estimate of drug-likeness (QED) is 0.585. The summed E-state index contributed by atoms with van der Waals surface area (Å²) in [6.07, 6.45) is 4.61. The van der Waals surface area contributed by atoms with Gasteiger partial charge in [0.15, 0.2) is 11.5 Å². The molecule has 2 heterocycles. The molecule has 0 fully saturated rings. The van der Waals surface area contributed by atoms with E-state index in [0.717, 1.165) is 37.1 Å². The van der Waals surface area contributed by atoms with Crippen LogP contribution >= 0.6 is 0 Å². The minimum atomic E-state index is 0.220. The van der Waals surface area contributed by atoms with Crippen molar-refractivity contribution in [3.05, 3.63) is 6.33 Å². The van der Waals surface area contributed by atoms with Crippen molar-refractivity contribution in [2.75, 3.05) is 30.8 Å². The topological polar surface area (TPSA) is 98.8 Å². The van der Waals surface area contributed by atoms with Crippen LogP contribution < -0.4 is 10.6 Å². The Balaban J connectivity index is 2.13. The molecular weight excluding hydrogens is 256 g/mol. The number of H-pyrrole nitrogens is 1. The van der Waals surface area contributed by atoms with Crippen LogP contribution in [0.2, 0.25) is 0 Å². The van der Waals surface area contributed by atoms with Gasteiger partial charge in [0.25, 0.3) is 0 Å². The van der Waals surface area contributed by atoms with E-state index in [9.17, 15) is 0 Å². The summed E-state index contributed by atoms with van der Waals surface area (Å²) >= 11 is 0. The van der Waals surface area contributed by atoms with E-state index in [-0.39, 0.29) is 6.61 Å². The highest BCUT2D eigenvalue weighted by Crippen LogP contribution is 2.20. The van der Waals surface area contributed by atoms with Crippen molar-refractivity contribution < 1.29 is 5.11 Å². The Morgan fingerprint density at radius 2 is 2.20 bits per heavy atom. The lowest BCUT2D eigenvalue weighted by Crippen LogP contribution is -2.17. The molecular formula is C13H22N6O. The maximum Gasteiger partial charge on any atom is 0.226 e. The monoisotopic (exact) mass is 278 g/mol. The van der Waals surface area contributed by atoms with Crippen LogP contribution in [0, 0.1) is 5.92 Å². The second-order valence-corrected chi connectivity index (χ2v) is 4.79. The van der Waals surface area contributed by atoms with E-state index in [2.05, 4.69) is 37.5 Å². The number of imidazole rings is 1. The van der Waals surface area contributed by atoms with Gasteiger partial charge in [-0.05, 0) is 18.8 Å². The highest BCUT2D eigenvalue weighted by molar-refractivity contribution is 5.83. The van der Waals surface area contributed by atoms with Crippen molar-refractivity contribution in [2.24, 2.45) is 5.92 Å². The van der Waals surface area contributed by atoms with E-state index in [1.54, 1.807) is 13.4 Å². The van der Waals surface area contributed by atoms with Crippen LogP contribution in [-0.2, 0) is 0 Å². The molecule has 2 rings (SSSR count). The zero-order valence-corrected chi connectivity index (χ0v) is 12.0. The maximum absolute atomic E-state index is 9.10. The van der Waals surface area contributed by atoms with Crippen LogP contribution in [0.15, 0.2) is 6.33 Å². The summed E-state index contributed by atoms with van der Waals surface area (Å²) in [5.74, 6) is 1.73. The number of aliphatic hydroxyl groups is 1. The highest BCUT2D eigenvalue weighted by atomic mass is 16.3. The van der Waals surface area contributed by atoms with E-state index < -0.39 is 0 Å². The number of nitrogens with zero attached hydrogens (tertiary/aromatic N) is 3. The number of aromatic nitrogens is 4. The van der Waals surface area contributed by atoms with E-state index in [1.165, 1.54) is 0 Å². The number of aliphatic hydroxyl groups excluding tert-OH is 1. The largest absolute Gasteiger partial charge is 0.396 e. The Bertz CT molecular complexity index is 535. The van der Waals surface area contributed by atoms with Gasteiger partial charge in [-0.1, -0.05) is 13.3 Å². The van der Waals surface area contributed by atoms with Gasteiger partial charge >= 0.3 is 0 Å². The van der Waals surface area contributed by atoms with Crippen LogP contribution in [0.1, 0.15) is 26.2 Å². The summed E-state index contributed by atoms with van der Waals surface area (Å²) in [7, 11) is 1.78. The first-order chi connectivity index (χ1) is 9.78. The summed E-state index contributed by atoms with van der Waals surface area (Å²) in [4.78, 5) is 15.9. The molecule has 7 nitrogen and oxygen atoms in total. The zero-order valence-electron chi connectivity index (χ0n) is 12.0. The average molecular weight is 278 g/mol. The minimum Gasteiger partial charge on any atom is -0.396 e. The molecule has 0 bridgehead atoms. The molecule has 4 N–H and O–H groups in total. The Labute approximate surface area is 118 Å². The van der Waals surface area contributed by atoms with Gasteiger partial charge in [-0.15, -0.1) is 0 Å². The number of fused-ring (bicyclic) bond motifs is 1. The van der Waals surface area contributed by atoms with Crippen LogP contribution in [0.3, 0.4) is 0 Å². The highest BCUT2D eigenvalue weighted by Gasteiger charge is 2.12. The minimum absolute atomic E-state index is 0.220. The molecule has 1 atom stereocenters. The van der Waals surface area contributed by atoms with Crippen molar-refractivity contribution in [3.8, 4) is 0 Å². The Kier molecular flexibility index (Phi) is 5.11. The lowest BCUT2D eigenvalue weighted by Gasteiger charge is -2.16. The molecule has 110 valence electrons. The van der Waals surface area contributed by atoms with Crippen molar-refractivity contribution in [2.45, 2.75) is 26.2 Å². The predicted octanol–water partition coefficient (Wildman–Crippen LogP) is 1.61. The van der Waals surface area contributed by atoms with E-state index in [0.29, 0.717) is 17.5 Å². The number of hydrogen-bond acceptors (Lipinski definition) is 6. The van der Waals surface area contributed by atoms with Crippen LogP contribution in [-0.4, -0.2) is 45.2 Å². The van der Waals surface area contributed by atoms with Crippen molar-refractivity contribution in [1.82, 2.24) is 19.9 Å². The first-order valence-electron chi connectivity index (χ1n) is 7.02. The number of rotatable bonds is 8. The summed E-state index contributed by atoms with van der Waals surface area (Å²) in [5.41, 5.74) is 1.45. The second kappa shape index (κ2) is 7.04. The average Bonchev–Trinajstić information content (AvgIpc) is 2.93. The summed E-state index contributed by atoms with van der Waals surface area (Å²) in [6, 6.07) is 0. The Morgan fingerprint density at radius 3 is 2.90 bits per heavy atom. The molecule has 0 aromatic carbocycles. The molecule has 20 heavy (non-hydrogen) atoms. The van der Waals surface area contributed by atoms with Gasteiger partial charge in [-0.2, -0.15) is 9.97 Å². The standard InChI is InChI=1S/C13H22N6O/c1-3-4-9(5-6-20)7-15-11-10-12(17-8-16-10)19-13(14-2)18-11/h8-9,20H,3-7H2,1-2H3,(H3,14,15,16,17,18,19). The molecule has 0 radical (unpaired) electrons. The van der Waals surface area contributed by atoms with Gasteiger partial charge in [-0.3, -0.25) is 0 Å². The lowest BCUT2D eigenvalue weighted by molar-refractivity contribution is 0.255. The number of anilines is 2. The molecule has 1 unspecified atom stereocenters. The third-order valence-corrected chi connectivity index (χ3v) is 3.30. The number of aromatic amines is 1. The summed E-state index contributed by atoms with van der Waals surface area (Å²) in [6.45, 7) is 3.15. The lowest BCUT2D eigenvalue weighted by atomic mass is 10.0. The first-order valence-corrected chi connectivity index (χ1v) is 7.02. The van der Waals surface area contributed by atoms with E-state index in [1.807, 2.05) is 0 Å². The summed E-state index contributed by atoms with van der Waals surface area (Å²) in [5, 5.41) is 15.4. The fraction of sp³-hybridized carbons (Fsp3) is 0.615. The summed E-state index contributed by atoms with van der Waals surface area (Å²) < 4.78 is 0. The normalized spacial score (nSPS) is 12.6. The molecule has 0 aliphatic heterocycles. The molecule has 0 aliphatic rings. The second-order valence-electron chi connectivity index (χ2n) is 4.79. The van der Waals surface area contributed by atoms with E-state index in [4.69, 9.17) is 5.11 Å². The van der Waals surface area contributed by atoms with Crippen LogP contribution in [0.25, 0.3) is 11.2 Å². The van der Waals surface area contributed by atoms with Crippen LogP contribution in [0.5, 0.6) is 0 Å². The zero-order chi connectivity index (χ0) is 14.4. The molecule has 2 aromatic heterocycles. The number of hydrogen-bond donors (Lipinski definition) is 4. The molecule has 0 amide bonds. The Hall–Kier alpha value is -1.89. The first kappa shape index (κ1) is 14.5. The molecule has 2 aromatic rings. The van der Waals surface area contributed by atoms with Gasteiger partial charge < -0.3 is 20.7 Å². The van der Waals surface area contributed by atoms with Gasteiger partial charge in [0, 0.05) is 20.2 Å². The molecule has 0 saturated carbocycles. The van der Waals surface area contributed by atoms with Crippen LogP contribution in [0.4, 0.5) is 11.8 Å². The van der Waals surface area contributed by atoms with Gasteiger partial charge in [-0.25, -0.2) is 4.98 Å². The fourth-order valence-corrected chi connectivity index (χ4v) is 2.25. The molecule has 0 spiro atoms. The van der Waals surface area contributed by atoms with E-state index >= 15 is 0 Å². The number of nitrogens with one attached hydrogen (secondary N) is 3. The smallest absolute Gasteiger partial charge is 0.226 e. The SMILES string of the molecule is CCCC(CCO)CNc1nc(NC)nc2nc[nH]c12. The maximum atomic E-state index is 9.10. The van der Waals surface area contributed by atoms with Gasteiger partial charge in [0.2, 0.25) is 5.95 Å². The Morgan fingerprint density at radius 1 is 1.35 bits per heavy atom. The fourth-order valence-electron chi connectivity index (χ4n) is 2.25. The van der Waals surface area contributed by atoms with Crippen molar-refractivity contribution in [3.63, 3.8) is 0 Å². The van der Waals surface area contributed by atoms with Crippen molar-refractivity contribution in [1.29, 1.82) is 0 Å². The molecule has 0 aliphatic carbocycles. The van der Waals surface area contributed by atoms with Gasteiger partial charge in [0.05, 0.1) is 6.33 Å².